The van der Waals surface area contributed by atoms with Crippen LogP contribution in [0.15, 0.2) is 30.3 Å². The van der Waals surface area contributed by atoms with Gasteiger partial charge in [0.05, 0.1) is 30.0 Å². The van der Waals surface area contributed by atoms with Crippen molar-refractivity contribution in [2.45, 2.75) is 12.7 Å². The van der Waals surface area contributed by atoms with Gasteiger partial charge >= 0.3 is 0 Å². The van der Waals surface area contributed by atoms with E-state index in [0.717, 1.165) is 16.9 Å². The molecule has 2 rings (SSSR count). The number of alkyl halides is 1. The number of hydrogen-bond acceptors (Lipinski definition) is 4. The molecule has 0 saturated carbocycles. The van der Waals surface area contributed by atoms with E-state index in [1.165, 1.54) is 0 Å². The minimum absolute atomic E-state index is 0.0758. The van der Waals surface area contributed by atoms with Crippen LogP contribution >= 0.6 is 11.6 Å². The number of aromatic nitrogens is 2. The van der Waals surface area contributed by atoms with E-state index in [4.69, 9.17) is 16.7 Å². The molecule has 1 heterocycles. The Kier molecular flexibility index (Phi) is 4.79. The van der Waals surface area contributed by atoms with Gasteiger partial charge in [0, 0.05) is 17.8 Å². The fraction of sp³-hybridized carbons (Fsp3) is 0.308. The van der Waals surface area contributed by atoms with Gasteiger partial charge in [-0.3, -0.25) is 5.10 Å². The molecule has 0 aliphatic heterocycles. The summed E-state index contributed by atoms with van der Waals surface area (Å²) in [4.78, 5) is 0. The molecule has 1 unspecified atom stereocenters. The van der Waals surface area contributed by atoms with Gasteiger partial charge < -0.3 is 15.5 Å². The molecular formula is C13H16ClN3O2. The number of anilines is 1. The molecule has 1 atom stereocenters. The van der Waals surface area contributed by atoms with Gasteiger partial charge in [-0.2, -0.15) is 5.10 Å². The molecule has 0 fully saturated rings. The van der Waals surface area contributed by atoms with E-state index in [1.54, 1.807) is 6.07 Å². The topological polar surface area (TPSA) is 81.2 Å². The molecule has 0 aliphatic rings. The Morgan fingerprint density at radius 2 is 2.16 bits per heavy atom. The minimum Gasteiger partial charge on any atom is -0.390 e. The number of aliphatic hydroxyl groups is 2. The maximum absolute atomic E-state index is 9.47. The van der Waals surface area contributed by atoms with E-state index < -0.39 is 6.10 Å². The molecule has 0 radical (unpaired) electrons. The third-order valence-corrected chi connectivity index (χ3v) is 3.07. The molecule has 4 N–H and O–H groups in total. The van der Waals surface area contributed by atoms with Crippen molar-refractivity contribution in [3.8, 4) is 11.3 Å². The third-order valence-electron chi connectivity index (χ3n) is 2.71. The Balaban J connectivity index is 2.20. The molecule has 0 amide bonds. The lowest BCUT2D eigenvalue weighted by Crippen LogP contribution is -2.21. The van der Waals surface area contributed by atoms with Gasteiger partial charge in [0.1, 0.15) is 0 Å². The van der Waals surface area contributed by atoms with Crippen LogP contribution in [0.1, 0.15) is 5.69 Å². The van der Waals surface area contributed by atoms with Crippen molar-refractivity contribution in [2.24, 2.45) is 0 Å². The number of hydrogen-bond donors (Lipinski definition) is 4. The van der Waals surface area contributed by atoms with Crippen LogP contribution in [0.25, 0.3) is 11.3 Å². The van der Waals surface area contributed by atoms with Crippen LogP contribution in [-0.2, 0) is 6.61 Å². The molecule has 0 saturated heterocycles. The third kappa shape index (κ3) is 3.47. The Morgan fingerprint density at radius 1 is 1.37 bits per heavy atom. The summed E-state index contributed by atoms with van der Waals surface area (Å²) in [6.45, 7) is 0.297. The van der Waals surface area contributed by atoms with Crippen LogP contribution in [0.5, 0.6) is 0 Å². The van der Waals surface area contributed by atoms with Crippen LogP contribution < -0.4 is 5.32 Å². The van der Waals surface area contributed by atoms with E-state index in [9.17, 15) is 5.11 Å². The molecule has 2 aromatic rings. The zero-order valence-electron chi connectivity index (χ0n) is 10.3. The predicted octanol–water partition coefficient (Wildman–Crippen LogP) is 1.58. The summed E-state index contributed by atoms with van der Waals surface area (Å²) in [6, 6.07) is 9.43. The smallest absolute Gasteiger partial charge is 0.0945 e. The summed E-state index contributed by atoms with van der Waals surface area (Å²) in [7, 11) is 0. The zero-order valence-corrected chi connectivity index (χ0v) is 11.1. The van der Waals surface area contributed by atoms with Crippen LogP contribution in [-0.4, -0.2) is 38.9 Å². The number of rotatable bonds is 6. The lowest BCUT2D eigenvalue weighted by Gasteiger charge is -2.12. The summed E-state index contributed by atoms with van der Waals surface area (Å²) in [5, 5.41) is 28.6. The Morgan fingerprint density at radius 3 is 2.84 bits per heavy atom. The molecular weight excluding hydrogens is 266 g/mol. The highest BCUT2D eigenvalue weighted by atomic mass is 35.5. The van der Waals surface area contributed by atoms with Crippen LogP contribution in [0, 0.1) is 0 Å². The maximum atomic E-state index is 9.47. The quantitative estimate of drug-likeness (QED) is 0.606. The van der Waals surface area contributed by atoms with Gasteiger partial charge in [0.15, 0.2) is 0 Å². The fourth-order valence-corrected chi connectivity index (χ4v) is 1.83. The lowest BCUT2D eigenvalue weighted by molar-refractivity contribution is 0.211. The van der Waals surface area contributed by atoms with Crippen LogP contribution in [0.2, 0.25) is 0 Å². The molecule has 102 valence electrons. The van der Waals surface area contributed by atoms with E-state index in [1.807, 2.05) is 24.3 Å². The van der Waals surface area contributed by atoms with Gasteiger partial charge in [-0.25, -0.2) is 0 Å². The van der Waals surface area contributed by atoms with Crippen molar-refractivity contribution < 1.29 is 10.2 Å². The van der Waals surface area contributed by atoms with Gasteiger partial charge in [-0.15, -0.1) is 11.6 Å². The summed E-state index contributed by atoms with van der Waals surface area (Å²) in [6.07, 6.45) is -0.595. The van der Waals surface area contributed by atoms with Gasteiger partial charge in [-0.05, 0) is 12.1 Å². The normalized spacial score (nSPS) is 12.4. The average molecular weight is 282 g/mol. The number of nitrogens with one attached hydrogen (secondary N) is 2. The second-order valence-electron chi connectivity index (χ2n) is 4.17. The van der Waals surface area contributed by atoms with Crippen molar-refractivity contribution in [3.05, 3.63) is 36.0 Å². The average Bonchev–Trinajstić information content (AvgIpc) is 2.93. The van der Waals surface area contributed by atoms with Crippen molar-refractivity contribution in [2.75, 3.05) is 17.7 Å². The Bertz CT molecular complexity index is 530. The molecule has 0 bridgehead atoms. The Hall–Kier alpha value is -1.56. The lowest BCUT2D eigenvalue weighted by atomic mass is 10.1. The number of aromatic amines is 1. The molecule has 1 aromatic carbocycles. The predicted molar refractivity (Wildman–Crippen MR) is 75.2 cm³/mol. The first-order valence-electron chi connectivity index (χ1n) is 5.97. The first-order chi connectivity index (χ1) is 9.24. The molecule has 1 aromatic heterocycles. The highest BCUT2D eigenvalue weighted by molar-refractivity contribution is 6.18. The largest absolute Gasteiger partial charge is 0.390 e. The SMILES string of the molecule is OCc1cc(-c2ccccc2NCC(O)CCl)n[nH]1. The van der Waals surface area contributed by atoms with Crippen LogP contribution in [0.3, 0.4) is 0 Å². The monoisotopic (exact) mass is 281 g/mol. The van der Waals surface area contributed by atoms with Gasteiger partial charge in [-0.1, -0.05) is 18.2 Å². The first kappa shape index (κ1) is 13.9. The van der Waals surface area contributed by atoms with Gasteiger partial charge in [0.2, 0.25) is 0 Å². The molecule has 19 heavy (non-hydrogen) atoms. The number of H-pyrrole nitrogens is 1. The molecule has 0 spiro atoms. The summed E-state index contributed by atoms with van der Waals surface area (Å²) < 4.78 is 0. The standard InChI is InChI=1S/C13H16ClN3O2/c14-6-10(19)7-15-12-4-2-1-3-11(12)13-5-9(8-18)16-17-13/h1-5,10,15,18-19H,6-8H2,(H,16,17). The minimum atomic E-state index is -0.595. The number of para-hydroxylation sites is 1. The van der Waals surface area contributed by atoms with Gasteiger partial charge in [0.25, 0.3) is 0 Å². The molecule has 6 heteroatoms. The van der Waals surface area contributed by atoms with E-state index in [0.29, 0.717) is 12.2 Å². The summed E-state index contributed by atoms with van der Waals surface area (Å²) in [5.41, 5.74) is 3.17. The summed E-state index contributed by atoms with van der Waals surface area (Å²) >= 11 is 5.56. The van der Waals surface area contributed by atoms with Crippen molar-refractivity contribution in [1.29, 1.82) is 0 Å². The van der Waals surface area contributed by atoms with E-state index in [-0.39, 0.29) is 12.5 Å². The Labute approximate surface area is 116 Å². The number of benzene rings is 1. The first-order valence-corrected chi connectivity index (χ1v) is 6.50. The number of nitrogens with zero attached hydrogens (tertiary/aromatic N) is 1. The number of aliphatic hydroxyl groups excluding tert-OH is 2. The molecule has 5 nitrogen and oxygen atoms in total. The second kappa shape index (κ2) is 6.56. The molecule has 0 aliphatic carbocycles. The van der Waals surface area contributed by atoms with Crippen molar-refractivity contribution in [1.82, 2.24) is 10.2 Å². The van der Waals surface area contributed by atoms with E-state index in [2.05, 4.69) is 15.5 Å². The highest BCUT2D eigenvalue weighted by Crippen LogP contribution is 2.26. The maximum Gasteiger partial charge on any atom is 0.0945 e. The van der Waals surface area contributed by atoms with Crippen LogP contribution in [0.4, 0.5) is 5.69 Å². The second-order valence-corrected chi connectivity index (χ2v) is 4.48. The van der Waals surface area contributed by atoms with Crippen molar-refractivity contribution in [3.63, 3.8) is 0 Å². The zero-order chi connectivity index (χ0) is 13.7. The fourth-order valence-electron chi connectivity index (χ4n) is 1.72. The highest BCUT2D eigenvalue weighted by Gasteiger charge is 2.09. The summed E-state index contributed by atoms with van der Waals surface area (Å²) in [5.74, 6) is 0.187. The van der Waals surface area contributed by atoms with Crippen molar-refractivity contribution >= 4 is 17.3 Å². The number of halogens is 1. The van der Waals surface area contributed by atoms with E-state index >= 15 is 0 Å².